The van der Waals surface area contributed by atoms with Crippen molar-refractivity contribution < 1.29 is 4.79 Å². The average Bonchev–Trinajstić information content (AvgIpc) is 2.31. The molecular formula is C12H18BrN3O. The van der Waals surface area contributed by atoms with Crippen LogP contribution in [0, 0.1) is 12.8 Å². The molecule has 0 saturated carbocycles. The summed E-state index contributed by atoms with van der Waals surface area (Å²) in [5.74, 6) is 0.00220. The van der Waals surface area contributed by atoms with Gasteiger partial charge in [-0.25, -0.2) is 4.98 Å². The standard InChI is InChI=1S/C12H18BrN3O/c1-4-7(2)10(14)12(17)16-9-5-8(3)11(13)15-6-9/h5-7,10H,4,14H2,1-3H3,(H,16,17)/t7-,10-/m0/s1. The summed E-state index contributed by atoms with van der Waals surface area (Å²) in [6.45, 7) is 5.90. The molecule has 1 rings (SSSR count). The number of halogens is 1. The van der Waals surface area contributed by atoms with Crippen LogP contribution in [0.25, 0.3) is 0 Å². The van der Waals surface area contributed by atoms with E-state index in [-0.39, 0.29) is 11.8 Å². The molecule has 0 spiro atoms. The number of aryl methyl sites for hydroxylation is 1. The fraction of sp³-hybridized carbons (Fsp3) is 0.500. The Morgan fingerprint density at radius 2 is 2.29 bits per heavy atom. The van der Waals surface area contributed by atoms with Gasteiger partial charge in [-0.15, -0.1) is 0 Å². The van der Waals surface area contributed by atoms with Crippen LogP contribution in [0.1, 0.15) is 25.8 Å². The lowest BCUT2D eigenvalue weighted by molar-refractivity contribution is -0.118. The first-order chi connectivity index (χ1) is 7.95. The molecule has 3 N–H and O–H groups in total. The van der Waals surface area contributed by atoms with E-state index in [0.717, 1.165) is 16.6 Å². The summed E-state index contributed by atoms with van der Waals surface area (Å²) in [6.07, 6.45) is 2.49. The zero-order valence-electron chi connectivity index (χ0n) is 10.3. The molecule has 1 aromatic heterocycles. The van der Waals surface area contributed by atoms with Gasteiger partial charge in [0, 0.05) is 0 Å². The van der Waals surface area contributed by atoms with Gasteiger partial charge in [-0.2, -0.15) is 0 Å². The summed E-state index contributed by atoms with van der Waals surface area (Å²) in [5.41, 5.74) is 7.49. The van der Waals surface area contributed by atoms with Gasteiger partial charge in [-0.05, 0) is 40.4 Å². The quantitative estimate of drug-likeness (QED) is 0.839. The third kappa shape index (κ3) is 3.78. The van der Waals surface area contributed by atoms with E-state index >= 15 is 0 Å². The lowest BCUT2D eigenvalue weighted by Gasteiger charge is -2.17. The highest BCUT2D eigenvalue weighted by atomic mass is 79.9. The molecule has 94 valence electrons. The van der Waals surface area contributed by atoms with Gasteiger partial charge in [-0.3, -0.25) is 4.79 Å². The van der Waals surface area contributed by atoms with Gasteiger partial charge in [0.1, 0.15) is 4.60 Å². The van der Waals surface area contributed by atoms with Crippen LogP contribution in [-0.2, 0) is 4.79 Å². The number of nitrogens with zero attached hydrogens (tertiary/aromatic N) is 1. The second-order valence-electron chi connectivity index (χ2n) is 4.23. The van der Waals surface area contributed by atoms with Crippen molar-refractivity contribution >= 4 is 27.5 Å². The van der Waals surface area contributed by atoms with Gasteiger partial charge in [-0.1, -0.05) is 20.3 Å². The van der Waals surface area contributed by atoms with E-state index in [1.165, 1.54) is 0 Å². The molecule has 0 saturated heterocycles. The largest absolute Gasteiger partial charge is 0.323 e. The van der Waals surface area contributed by atoms with Crippen molar-refractivity contribution in [3.63, 3.8) is 0 Å². The lowest BCUT2D eigenvalue weighted by atomic mass is 9.99. The molecule has 4 nitrogen and oxygen atoms in total. The highest BCUT2D eigenvalue weighted by Crippen LogP contribution is 2.17. The third-order valence-corrected chi connectivity index (χ3v) is 3.67. The number of rotatable bonds is 4. The van der Waals surface area contributed by atoms with Crippen LogP contribution in [-0.4, -0.2) is 16.9 Å². The molecule has 0 aliphatic heterocycles. The average molecular weight is 300 g/mol. The predicted octanol–water partition coefficient (Wildman–Crippen LogP) is 2.46. The molecule has 0 aromatic carbocycles. The van der Waals surface area contributed by atoms with Crippen LogP contribution in [0.15, 0.2) is 16.9 Å². The molecule has 5 heteroatoms. The number of aromatic nitrogens is 1. The maximum Gasteiger partial charge on any atom is 0.241 e. The van der Waals surface area contributed by atoms with E-state index in [1.54, 1.807) is 6.20 Å². The molecule has 1 heterocycles. The summed E-state index contributed by atoms with van der Waals surface area (Å²) in [5, 5.41) is 2.78. The van der Waals surface area contributed by atoms with Crippen molar-refractivity contribution in [1.29, 1.82) is 0 Å². The monoisotopic (exact) mass is 299 g/mol. The Balaban J connectivity index is 2.71. The van der Waals surface area contributed by atoms with E-state index in [4.69, 9.17) is 5.73 Å². The van der Waals surface area contributed by atoms with E-state index in [0.29, 0.717) is 5.69 Å². The van der Waals surface area contributed by atoms with Gasteiger partial charge in [0.2, 0.25) is 5.91 Å². The number of nitrogens with two attached hydrogens (primary N) is 1. The van der Waals surface area contributed by atoms with Crippen molar-refractivity contribution in [3.8, 4) is 0 Å². The molecule has 17 heavy (non-hydrogen) atoms. The molecule has 0 aliphatic carbocycles. The molecule has 0 radical (unpaired) electrons. The predicted molar refractivity (Wildman–Crippen MR) is 72.7 cm³/mol. The van der Waals surface area contributed by atoms with Crippen molar-refractivity contribution in [2.24, 2.45) is 11.7 Å². The summed E-state index contributed by atoms with van der Waals surface area (Å²) >= 11 is 3.31. The van der Waals surface area contributed by atoms with Crippen molar-refractivity contribution in [2.75, 3.05) is 5.32 Å². The number of hydrogen-bond acceptors (Lipinski definition) is 3. The summed E-state index contributed by atoms with van der Waals surface area (Å²) in [7, 11) is 0. The fourth-order valence-electron chi connectivity index (χ4n) is 1.36. The first-order valence-corrected chi connectivity index (χ1v) is 6.43. The Morgan fingerprint density at radius 1 is 1.65 bits per heavy atom. The van der Waals surface area contributed by atoms with Crippen LogP contribution < -0.4 is 11.1 Å². The number of carbonyl (C=O) groups is 1. The smallest absolute Gasteiger partial charge is 0.241 e. The minimum Gasteiger partial charge on any atom is -0.323 e. The SMILES string of the molecule is CC[C@H](C)[C@H](N)C(=O)Nc1cnc(Br)c(C)c1. The second-order valence-corrected chi connectivity index (χ2v) is 4.98. The molecule has 0 bridgehead atoms. The van der Waals surface area contributed by atoms with E-state index in [9.17, 15) is 4.79 Å². The van der Waals surface area contributed by atoms with Gasteiger partial charge >= 0.3 is 0 Å². The third-order valence-electron chi connectivity index (χ3n) is 2.84. The van der Waals surface area contributed by atoms with Gasteiger partial charge < -0.3 is 11.1 Å². The molecule has 0 aliphatic rings. The summed E-state index contributed by atoms with van der Waals surface area (Å²) in [6, 6.07) is 1.38. The topological polar surface area (TPSA) is 68.0 Å². The Labute approximate surface area is 110 Å². The maximum atomic E-state index is 11.8. The zero-order valence-corrected chi connectivity index (χ0v) is 11.9. The van der Waals surface area contributed by atoms with Crippen molar-refractivity contribution in [1.82, 2.24) is 4.98 Å². The van der Waals surface area contributed by atoms with Gasteiger partial charge in [0.05, 0.1) is 17.9 Å². The Hall–Kier alpha value is -0.940. The number of anilines is 1. The van der Waals surface area contributed by atoms with Gasteiger partial charge in [0.25, 0.3) is 0 Å². The van der Waals surface area contributed by atoms with Crippen molar-refractivity contribution in [3.05, 3.63) is 22.4 Å². The van der Waals surface area contributed by atoms with E-state index in [1.807, 2.05) is 26.8 Å². The molecule has 0 unspecified atom stereocenters. The van der Waals surface area contributed by atoms with Gasteiger partial charge in [0.15, 0.2) is 0 Å². The lowest BCUT2D eigenvalue weighted by Crippen LogP contribution is -2.40. The number of pyridine rings is 1. The molecule has 2 atom stereocenters. The Kier molecular flexibility index (Phi) is 5.08. The Bertz CT molecular complexity index is 409. The minimum atomic E-state index is -0.482. The first-order valence-electron chi connectivity index (χ1n) is 5.64. The number of hydrogen-bond donors (Lipinski definition) is 2. The maximum absolute atomic E-state index is 11.8. The summed E-state index contributed by atoms with van der Waals surface area (Å²) in [4.78, 5) is 16.0. The fourth-order valence-corrected chi connectivity index (χ4v) is 1.58. The molecule has 1 amide bonds. The van der Waals surface area contributed by atoms with Crippen LogP contribution in [0.3, 0.4) is 0 Å². The minimum absolute atomic E-state index is 0.164. The second kappa shape index (κ2) is 6.12. The summed E-state index contributed by atoms with van der Waals surface area (Å²) < 4.78 is 0.779. The zero-order chi connectivity index (χ0) is 13.0. The van der Waals surface area contributed by atoms with Crippen LogP contribution in [0.5, 0.6) is 0 Å². The number of carbonyl (C=O) groups excluding carboxylic acids is 1. The van der Waals surface area contributed by atoms with E-state index in [2.05, 4.69) is 26.2 Å². The van der Waals surface area contributed by atoms with Crippen LogP contribution in [0.2, 0.25) is 0 Å². The first kappa shape index (κ1) is 14.1. The molecular weight excluding hydrogens is 282 g/mol. The highest BCUT2D eigenvalue weighted by molar-refractivity contribution is 9.10. The Morgan fingerprint density at radius 3 is 2.82 bits per heavy atom. The molecule has 1 aromatic rings. The molecule has 0 fully saturated rings. The van der Waals surface area contributed by atoms with Crippen LogP contribution >= 0.6 is 15.9 Å². The van der Waals surface area contributed by atoms with E-state index < -0.39 is 6.04 Å². The number of amides is 1. The highest BCUT2D eigenvalue weighted by Gasteiger charge is 2.19. The van der Waals surface area contributed by atoms with Crippen LogP contribution in [0.4, 0.5) is 5.69 Å². The van der Waals surface area contributed by atoms with Crippen molar-refractivity contribution in [2.45, 2.75) is 33.2 Å². The number of nitrogens with one attached hydrogen (secondary N) is 1. The normalized spacial score (nSPS) is 14.2.